The first-order valence-electron chi connectivity index (χ1n) is 8.73. The van der Waals surface area contributed by atoms with Crippen LogP contribution in [0.3, 0.4) is 0 Å². The number of nitrogens with one attached hydrogen (secondary N) is 2. The van der Waals surface area contributed by atoms with Crippen molar-refractivity contribution in [1.82, 2.24) is 14.6 Å². The number of nitrogens with zero attached hydrogens (tertiary/aromatic N) is 2. The fourth-order valence-electron chi connectivity index (χ4n) is 3.13. The van der Waals surface area contributed by atoms with Crippen LogP contribution in [0.1, 0.15) is 5.56 Å². The summed E-state index contributed by atoms with van der Waals surface area (Å²) in [5.41, 5.74) is 2.45. The highest BCUT2D eigenvalue weighted by molar-refractivity contribution is 7.92. The molecule has 29 heavy (non-hydrogen) atoms. The van der Waals surface area contributed by atoms with Crippen LogP contribution in [0.5, 0.6) is 11.5 Å². The van der Waals surface area contributed by atoms with Gasteiger partial charge < -0.3 is 9.72 Å². The molecule has 148 valence electrons. The molecule has 2 aromatic heterocycles. The smallest absolute Gasteiger partial charge is 0.275 e. The Morgan fingerprint density at radius 3 is 2.59 bits per heavy atom. The summed E-state index contributed by atoms with van der Waals surface area (Å²) in [6.07, 6.45) is 2.40. The van der Waals surface area contributed by atoms with E-state index in [0.717, 1.165) is 11.8 Å². The van der Waals surface area contributed by atoms with Crippen LogP contribution in [-0.2, 0) is 10.0 Å². The van der Waals surface area contributed by atoms with Crippen LogP contribution in [0.4, 0.5) is 5.69 Å². The maximum atomic E-state index is 12.2. The number of aromatic nitrogens is 3. The summed E-state index contributed by atoms with van der Waals surface area (Å²) < 4.78 is 33.4. The molecule has 4 aromatic rings. The second-order valence-electron chi connectivity index (χ2n) is 6.59. The van der Waals surface area contributed by atoms with Crippen molar-refractivity contribution >= 4 is 21.2 Å². The van der Waals surface area contributed by atoms with E-state index >= 15 is 0 Å². The average molecular weight is 410 g/mol. The minimum absolute atomic E-state index is 0.264. The zero-order valence-corrected chi connectivity index (χ0v) is 16.5. The Kier molecular flexibility index (Phi) is 4.59. The Labute approximate surface area is 166 Å². The van der Waals surface area contributed by atoms with Gasteiger partial charge in [-0.25, -0.2) is 12.9 Å². The van der Waals surface area contributed by atoms with E-state index in [2.05, 4.69) is 14.8 Å². The lowest BCUT2D eigenvalue weighted by molar-refractivity contribution is 0.484. The Morgan fingerprint density at radius 2 is 1.86 bits per heavy atom. The van der Waals surface area contributed by atoms with Crippen LogP contribution < -0.4 is 15.0 Å². The topological polar surface area (TPSA) is 106 Å². The first kappa shape index (κ1) is 18.8. The third kappa shape index (κ3) is 3.85. The number of hydrogen-bond donors (Lipinski definition) is 2. The summed E-state index contributed by atoms with van der Waals surface area (Å²) in [7, 11) is -3.46. The number of aryl methyl sites for hydroxylation is 1. The van der Waals surface area contributed by atoms with Gasteiger partial charge in [0.1, 0.15) is 23.3 Å². The van der Waals surface area contributed by atoms with E-state index in [-0.39, 0.29) is 5.56 Å². The molecule has 0 atom stereocenters. The summed E-state index contributed by atoms with van der Waals surface area (Å²) >= 11 is 0. The second kappa shape index (κ2) is 7.10. The fraction of sp³-hybridized carbons (Fsp3) is 0.100. The van der Waals surface area contributed by atoms with E-state index in [4.69, 9.17) is 4.74 Å². The van der Waals surface area contributed by atoms with Gasteiger partial charge in [-0.05, 0) is 48.9 Å². The third-order valence-electron chi connectivity index (χ3n) is 4.28. The van der Waals surface area contributed by atoms with Gasteiger partial charge in [0.05, 0.1) is 11.9 Å². The van der Waals surface area contributed by atoms with Gasteiger partial charge in [-0.3, -0.25) is 9.52 Å². The van der Waals surface area contributed by atoms with Gasteiger partial charge in [0.25, 0.3) is 5.56 Å². The van der Waals surface area contributed by atoms with Crippen molar-refractivity contribution in [2.75, 3.05) is 11.0 Å². The monoisotopic (exact) mass is 410 g/mol. The summed E-state index contributed by atoms with van der Waals surface area (Å²) in [6.45, 7) is 1.81. The Balaban J connectivity index is 1.93. The molecule has 0 saturated heterocycles. The predicted octanol–water partition coefficient (Wildman–Crippen LogP) is 3.16. The molecule has 2 aromatic carbocycles. The molecule has 0 aliphatic carbocycles. The Hall–Kier alpha value is -3.59. The highest BCUT2D eigenvalue weighted by Crippen LogP contribution is 2.36. The number of anilines is 1. The first-order chi connectivity index (χ1) is 13.8. The van der Waals surface area contributed by atoms with E-state index in [1.165, 1.54) is 10.8 Å². The molecule has 0 unspecified atom stereocenters. The molecule has 0 radical (unpaired) electrons. The van der Waals surface area contributed by atoms with Gasteiger partial charge in [0, 0.05) is 11.3 Å². The Bertz CT molecular complexity index is 1360. The highest BCUT2D eigenvalue weighted by atomic mass is 32.2. The minimum Gasteiger partial charge on any atom is -0.457 e. The third-order valence-corrected chi connectivity index (χ3v) is 4.89. The lowest BCUT2D eigenvalue weighted by Crippen LogP contribution is -2.12. The number of H-pyrrole nitrogens is 1. The van der Waals surface area contributed by atoms with E-state index in [1.54, 1.807) is 18.2 Å². The summed E-state index contributed by atoms with van der Waals surface area (Å²) in [5, 5.41) is 4.26. The van der Waals surface area contributed by atoms with Crippen LogP contribution in [0.25, 0.3) is 16.8 Å². The van der Waals surface area contributed by atoms with E-state index in [1.807, 2.05) is 43.3 Å². The standard InChI is InChI=1S/C20H18N4O4S/c1-13-10-17(24-19(13)20(25)21-12-22-24)16-11-14(23-29(2,26)27)8-9-18(16)28-15-6-4-3-5-7-15/h3-12,23H,1-2H3,(H,21,22,25). The largest absolute Gasteiger partial charge is 0.457 e. The summed E-state index contributed by atoms with van der Waals surface area (Å²) in [5.74, 6) is 1.12. The summed E-state index contributed by atoms with van der Waals surface area (Å²) in [6, 6.07) is 16.0. The molecule has 9 heteroatoms. The summed E-state index contributed by atoms with van der Waals surface area (Å²) in [4.78, 5) is 14.8. The van der Waals surface area contributed by atoms with E-state index in [9.17, 15) is 13.2 Å². The molecule has 2 heterocycles. The number of hydrogen-bond acceptors (Lipinski definition) is 5. The molecular formula is C20H18N4O4S. The molecule has 0 aliphatic heterocycles. The van der Waals surface area contributed by atoms with Gasteiger partial charge >= 0.3 is 0 Å². The quantitative estimate of drug-likeness (QED) is 0.526. The van der Waals surface area contributed by atoms with Gasteiger partial charge in [-0.15, -0.1) is 0 Å². The van der Waals surface area contributed by atoms with Crippen LogP contribution in [0.2, 0.25) is 0 Å². The molecular weight excluding hydrogens is 392 g/mol. The van der Waals surface area contributed by atoms with Crippen molar-refractivity contribution in [2.24, 2.45) is 0 Å². The molecule has 0 fully saturated rings. The molecule has 8 nitrogen and oxygen atoms in total. The Morgan fingerprint density at radius 1 is 1.10 bits per heavy atom. The van der Waals surface area contributed by atoms with Crippen molar-refractivity contribution in [3.05, 3.63) is 76.8 Å². The fourth-order valence-corrected chi connectivity index (χ4v) is 3.69. The van der Waals surface area contributed by atoms with Crippen molar-refractivity contribution in [1.29, 1.82) is 0 Å². The van der Waals surface area contributed by atoms with E-state index < -0.39 is 10.0 Å². The van der Waals surface area contributed by atoms with Crippen LogP contribution in [-0.4, -0.2) is 29.3 Å². The lowest BCUT2D eigenvalue weighted by atomic mass is 10.1. The zero-order chi connectivity index (χ0) is 20.6. The van der Waals surface area contributed by atoms with Crippen molar-refractivity contribution in [3.8, 4) is 22.8 Å². The van der Waals surface area contributed by atoms with Crippen molar-refractivity contribution < 1.29 is 13.2 Å². The first-order valence-corrected chi connectivity index (χ1v) is 10.6. The number of sulfonamides is 1. The molecule has 0 amide bonds. The molecule has 0 spiro atoms. The maximum Gasteiger partial charge on any atom is 0.275 e. The molecule has 4 rings (SSSR count). The van der Waals surface area contributed by atoms with Crippen LogP contribution >= 0.6 is 0 Å². The van der Waals surface area contributed by atoms with Crippen LogP contribution in [0, 0.1) is 6.92 Å². The molecule has 0 bridgehead atoms. The molecule has 0 aliphatic rings. The van der Waals surface area contributed by atoms with Gasteiger partial charge in [-0.2, -0.15) is 5.10 Å². The van der Waals surface area contributed by atoms with Crippen molar-refractivity contribution in [3.63, 3.8) is 0 Å². The molecule has 0 saturated carbocycles. The second-order valence-corrected chi connectivity index (χ2v) is 8.34. The lowest BCUT2D eigenvalue weighted by Gasteiger charge is -2.13. The number of para-hydroxylation sites is 1. The van der Waals surface area contributed by atoms with Gasteiger partial charge in [0.2, 0.25) is 10.0 Å². The van der Waals surface area contributed by atoms with Gasteiger partial charge in [-0.1, -0.05) is 18.2 Å². The average Bonchev–Trinajstić information content (AvgIpc) is 3.00. The number of benzene rings is 2. The minimum atomic E-state index is -3.46. The predicted molar refractivity (Wildman–Crippen MR) is 111 cm³/mol. The number of aromatic amines is 1. The van der Waals surface area contributed by atoms with E-state index in [0.29, 0.717) is 34.0 Å². The number of rotatable bonds is 5. The number of fused-ring (bicyclic) bond motifs is 1. The van der Waals surface area contributed by atoms with Gasteiger partial charge in [0.15, 0.2) is 0 Å². The number of ether oxygens (including phenoxy) is 1. The zero-order valence-electron chi connectivity index (χ0n) is 15.7. The van der Waals surface area contributed by atoms with Crippen LogP contribution in [0.15, 0.2) is 65.7 Å². The highest BCUT2D eigenvalue weighted by Gasteiger charge is 2.17. The normalized spacial score (nSPS) is 11.5. The SMILES string of the molecule is Cc1cc(-c2cc(NS(C)(=O)=O)ccc2Oc2ccccc2)n2nc[nH]c(=O)c12. The molecule has 2 N–H and O–H groups in total. The van der Waals surface area contributed by atoms with Crippen molar-refractivity contribution in [2.45, 2.75) is 6.92 Å². The maximum absolute atomic E-state index is 12.2.